The Hall–Kier alpha value is -1.31. The van der Waals surface area contributed by atoms with Crippen molar-refractivity contribution in [3.05, 3.63) is 23.2 Å². The second-order valence-corrected chi connectivity index (χ2v) is 8.21. The Bertz CT molecular complexity index is 687. The highest BCUT2D eigenvalue weighted by Gasteiger charge is 2.27. The van der Waals surface area contributed by atoms with Crippen LogP contribution in [0.2, 0.25) is 5.02 Å². The van der Waals surface area contributed by atoms with Gasteiger partial charge in [-0.15, -0.1) is 0 Å². The molecule has 24 heavy (non-hydrogen) atoms. The number of amides is 1. The molecule has 0 spiro atoms. The Morgan fingerprint density at radius 3 is 2.62 bits per heavy atom. The predicted octanol–water partition coefficient (Wildman–Crippen LogP) is 2.42. The maximum Gasteiger partial charge on any atom is 0.258 e. The molecule has 0 aliphatic carbocycles. The van der Waals surface area contributed by atoms with Gasteiger partial charge in [0.2, 0.25) is 10.0 Å². The zero-order chi connectivity index (χ0) is 17.7. The van der Waals surface area contributed by atoms with Crippen molar-refractivity contribution in [1.29, 1.82) is 0 Å². The van der Waals surface area contributed by atoms with Gasteiger partial charge in [-0.25, -0.2) is 8.42 Å². The summed E-state index contributed by atoms with van der Waals surface area (Å²) in [6.45, 7) is 4.79. The van der Waals surface area contributed by atoms with Crippen molar-refractivity contribution in [2.45, 2.75) is 44.0 Å². The number of nitrogens with one attached hydrogen (secondary N) is 1. The lowest BCUT2D eigenvalue weighted by Crippen LogP contribution is -2.35. The summed E-state index contributed by atoms with van der Waals surface area (Å²) in [6.07, 6.45) is 2.58. The SMILES string of the molecule is CC[C@H](C)NC(=O)COc1ccc(S(=O)(=O)N2CCCC2)cc1Cl. The predicted molar refractivity (Wildman–Crippen MR) is 92.8 cm³/mol. The van der Waals surface area contributed by atoms with Crippen molar-refractivity contribution in [3.63, 3.8) is 0 Å². The fourth-order valence-corrected chi connectivity index (χ4v) is 4.24. The number of rotatable bonds is 7. The van der Waals surface area contributed by atoms with Crippen LogP contribution in [0.3, 0.4) is 0 Å². The monoisotopic (exact) mass is 374 g/mol. The highest BCUT2D eigenvalue weighted by molar-refractivity contribution is 7.89. The smallest absolute Gasteiger partial charge is 0.258 e. The van der Waals surface area contributed by atoms with E-state index in [-0.39, 0.29) is 34.2 Å². The molecule has 2 rings (SSSR count). The third-order valence-electron chi connectivity index (χ3n) is 3.98. The van der Waals surface area contributed by atoms with Crippen LogP contribution in [-0.2, 0) is 14.8 Å². The topological polar surface area (TPSA) is 75.7 Å². The lowest BCUT2D eigenvalue weighted by atomic mass is 10.2. The lowest BCUT2D eigenvalue weighted by molar-refractivity contribution is -0.123. The molecule has 0 bridgehead atoms. The molecule has 1 aromatic carbocycles. The molecule has 6 nitrogen and oxygen atoms in total. The number of hydrogen-bond donors (Lipinski definition) is 1. The number of hydrogen-bond acceptors (Lipinski definition) is 4. The normalized spacial score (nSPS) is 16.8. The minimum Gasteiger partial charge on any atom is -0.482 e. The van der Waals surface area contributed by atoms with Gasteiger partial charge >= 0.3 is 0 Å². The van der Waals surface area contributed by atoms with Gasteiger partial charge in [-0.2, -0.15) is 4.31 Å². The number of nitrogens with zero attached hydrogens (tertiary/aromatic N) is 1. The zero-order valence-electron chi connectivity index (χ0n) is 13.9. The maximum atomic E-state index is 12.5. The highest BCUT2D eigenvalue weighted by atomic mass is 35.5. The van der Waals surface area contributed by atoms with Crippen LogP contribution in [0.15, 0.2) is 23.1 Å². The summed E-state index contributed by atoms with van der Waals surface area (Å²) in [5.74, 6) is 0.0468. The number of sulfonamides is 1. The molecule has 1 aliphatic rings. The molecule has 134 valence electrons. The van der Waals surface area contributed by atoms with Crippen LogP contribution in [0.1, 0.15) is 33.1 Å². The van der Waals surface area contributed by atoms with E-state index in [0.717, 1.165) is 19.3 Å². The van der Waals surface area contributed by atoms with Crippen LogP contribution >= 0.6 is 11.6 Å². The molecule has 1 fully saturated rings. The minimum atomic E-state index is -3.51. The fraction of sp³-hybridized carbons (Fsp3) is 0.562. The van der Waals surface area contributed by atoms with E-state index < -0.39 is 10.0 Å². The van der Waals surface area contributed by atoms with Gasteiger partial charge < -0.3 is 10.1 Å². The van der Waals surface area contributed by atoms with Crippen LogP contribution in [0.4, 0.5) is 0 Å². The first-order valence-electron chi connectivity index (χ1n) is 8.06. The number of carbonyl (C=O) groups excluding carboxylic acids is 1. The van der Waals surface area contributed by atoms with Gasteiger partial charge in [-0.1, -0.05) is 18.5 Å². The Labute approximate surface area is 148 Å². The summed E-state index contributed by atoms with van der Waals surface area (Å²) < 4.78 is 31.8. The first kappa shape index (κ1) is 19.0. The molecule has 0 saturated carbocycles. The molecule has 0 unspecified atom stereocenters. The lowest BCUT2D eigenvalue weighted by Gasteiger charge is -2.16. The van der Waals surface area contributed by atoms with Crippen LogP contribution < -0.4 is 10.1 Å². The van der Waals surface area contributed by atoms with Gasteiger partial charge in [0.15, 0.2) is 6.61 Å². The number of ether oxygens (including phenoxy) is 1. The van der Waals surface area contributed by atoms with Gasteiger partial charge in [-0.05, 0) is 44.4 Å². The summed E-state index contributed by atoms with van der Waals surface area (Å²) in [7, 11) is -3.51. The molecule has 1 saturated heterocycles. The van der Waals surface area contributed by atoms with Crippen LogP contribution in [0.25, 0.3) is 0 Å². The largest absolute Gasteiger partial charge is 0.482 e. The molecule has 1 aliphatic heterocycles. The van der Waals surface area contributed by atoms with Crippen LogP contribution in [0, 0.1) is 0 Å². The van der Waals surface area contributed by atoms with E-state index >= 15 is 0 Å². The first-order chi connectivity index (χ1) is 11.3. The van der Waals surface area contributed by atoms with E-state index in [1.807, 2.05) is 13.8 Å². The second kappa shape index (κ2) is 8.18. The molecule has 1 N–H and O–H groups in total. The number of benzene rings is 1. The molecular weight excluding hydrogens is 352 g/mol. The van der Waals surface area contributed by atoms with E-state index in [2.05, 4.69) is 5.32 Å². The van der Waals surface area contributed by atoms with Gasteiger partial charge in [0.25, 0.3) is 5.91 Å². The molecule has 8 heteroatoms. The molecule has 1 heterocycles. The van der Waals surface area contributed by atoms with Crippen molar-refractivity contribution in [3.8, 4) is 5.75 Å². The average Bonchev–Trinajstić information content (AvgIpc) is 3.08. The second-order valence-electron chi connectivity index (χ2n) is 5.87. The van der Waals surface area contributed by atoms with Crippen molar-refractivity contribution < 1.29 is 17.9 Å². The van der Waals surface area contributed by atoms with Crippen molar-refractivity contribution in [2.24, 2.45) is 0 Å². The van der Waals surface area contributed by atoms with Gasteiger partial charge in [-0.3, -0.25) is 4.79 Å². The number of carbonyl (C=O) groups is 1. The van der Waals surface area contributed by atoms with Gasteiger partial charge in [0.05, 0.1) is 9.92 Å². The Morgan fingerprint density at radius 2 is 2.04 bits per heavy atom. The molecule has 0 radical (unpaired) electrons. The standard InChI is InChI=1S/C16H23ClN2O4S/c1-3-12(2)18-16(20)11-23-15-7-6-13(10-14(15)17)24(21,22)19-8-4-5-9-19/h6-7,10,12H,3-5,8-9,11H2,1-2H3,(H,18,20)/t12-/m0/s1. The fourth-order valence-electron chi connectivity index (χ4n) is 2.40. The average molecular weight is 375 g/mol. The summed E-state index contributed by atoms with van der Waals surface area (Å²) in [5.41, 5.74) is 0. The van der Waals surface area contributed by atoms with E-state index in [1.54, 1.807) is 0 Å². The van der Waals surface area contributed by atoms with E-state index in [4.69, 9.17) is 16.3 Å². The summed E-state index contributed by atoms with van der Waals surface area (Å²) in [4.78, 5) is 11.9. The highest BCUT2D eigenvalue weighted by Crippen LogP contribution is 2.29. The molecule has 1 amide bonds. The Morgan fingerprint density at radius 1 is 1.38 bits per heavy atom. The number of halogens is 1. The van der Waals surface area contributed by atoms with Gasteiger partial charge in [0.1, 0.15) is 5.75 Å². The summed E-state index contributed by atoms with van der Waals surface area (Å²) >= 11 is 6.12. The zero-order valence-corrected chi connectivity index (χ0v) is 15.5. The third-order valence-corrected chi connectivity index (χ3v) is 6.17. The van der Waals surface area contributed by atoms with Gasteiger partial charge in [0, 0.05) is 19.1 Å². The van der Waals surface area contributed by atoms with Crippen LogP contribution in [0.5, 0.6) is 5.75 Å². The van der Waals surface area contributed by atoms with E-state index in [0.29, 0.717) is 13.1 Å². The quantitative estimate of drug-likeness (QED) is 0.795. The van der Waals surface area contributed by atoms with Crippen molar-refractivity contribution >= 4 is 27.5 Å². The van der Waals surface area contributed by atoms with Crippen molar-refractivity contribution in [1.82, 2.24) is 9.62 Å². The summed E-state index contributed by atoms with van der Waals surface area (Å²) in [5, 5.41) is 2.96. The first-order valence-corrected chi connectivity index (χ1v) is 9.88. The molecule has 0 aromatic heterocycles. The van der Waals surface area contributed by atoms with Crippen LogP contribution in [-0.4, -0.2) is 44.4 Å². The summed E-state index contributed by atoms with van der Waals surface area (Å²) in [6, 6.07) is 4.39. The molecule has 1 aromatic rings. The van der Waals surface area contributed by atoms with E-state index in [9.17, 15) is 13.2 Å². The third kappa shape index (κ3) is 4.62. The van der Waals surface area contributed by atoms with Crippen molar-refractivity contribution in [2.75, 3.05) is 19.7 Å². The molecule has 1 atom stereocenters. The minimum absolute atomic E-state index is 0.0737. The maximum absolute atomic E-state index is 12.5. The Kier molecular flexibility index (Phi) is 6.48. The molecular formula is C16H23ClN2O4S. The van der Waals surface area contributed by atoms with E-state index in [1.165, 1.54) is 22.5 Å². The Balaban J connectivity index is 2.03.